The van der Waals surface area contributed by atoms with Crippen molar-refractivity contribution in [1.82, 2.24) is 9.97 Å². The third kappa shape index (κ3) is 1.09. The van der Waals surface area contributed by atoms with Crippen LogP contribution in [0.1, 0.15) is 5.69 Å². The first-order chi connectivity index (χ1) is 7.25. The third-order valence-corrected chi connectivity index (χ3v) is 2.69. The van der Waals surface area contributed by atoms with Gasteiger partial charge in [0.2, 0.25) is 0 Å². The Hall–Kier alpha value is -2.03. The van der Waals surface area contributed by atoms with Crippen LogP contribution in [-0.2, 0) is 0 Å². The number of nitrogens with zero attached hydrogens (tertiary/aromatic N) is 1. The van der Waals surface area contributed by atoms with Crippen molar-refractivity contribution >= 4 is 27.6 Å². The number of aryl methyl sites for hydroxylation is 1. The Labute approximate surface area is 86.9 Å². The van der Waals surface area contributed by atoms with Crippen molar-refractivity contribution in [3.05, 3.63) is 36.0 Å². The molecule has 0 unspecified atom stereocenters. The van der Waals surface area contributed by atoms with Crippen LogP contribution in [0.4, 0.5) is 5.82 Å². The smallest absolute Gasteiger partial charge is 0.125 e. The van der Waals surface area contributed by atoms with Gasteiger partial charge in [0.05, 0.1) is 5.52 Å². The number of aromatic amines is 1. The molecule has 0 bridgehead atoms. The molecule has 2 aromatic heterocycles. The second kappa shape index (κ2) is 2.73. The Kier molecular flexibility index (Phi) is 1.51. The van der Waals surface area contributed by atoms with Crippen molar-refractivity contribution in [2.75, 3.05) is 5.73 Å². The summed E-state index contributed by atoms with van der Waals surface area (Å²) >= 11 is 0. The first kappa shape index (κ1) is 8.29. The zero-order valence-electron chi connectivity index (χ0n) is 8.41. The van der Waals surface area contributed by atoms with Gasteiger partial charge in [-0.05, 0) is 13.0 Å². The zero-order chi connectivity index (χ0) is 10.4. The Balaban J connectivity index is 2.61. The van der Waals surface area contributed by atoms with Gasteiger partial charge in [0.25, 0.3) is 0 Å². The minimum absolute atomic E-state index is 0.562. The molecule has 2 heterocycles. The second-order valence-corrected chi connectivity index (χ2v) is 3.73. The molecule has 74 valence electrons. The summed E-state index contributed by atoms with van der Waals surface area (Å²) in [5.74, 6) is 0.562. The van der Waals surface area contributed by atoms with Crippen LogP contribution in [0.5, 0.6) is 0 Å². The van der Waals surface area contributed by atoms with Crippen LogP contribution in [0.15, 0.2) is 30.3 Å². The summed E-state index contributed by atoms with van der Waals surface area (Å²) in [6.45, 7) is 1.99. The Morgan fingerprint density at radius 3 is 2.87 bits per heavy atom. The number of nitrogens with two attached hydrogens (primary N) is 1. The van der Waals surface area contributed by atoms with Crippen LogP contribution >= 0.6 is 0 Å². The highest BCUT2D eigenvalue weighted by Crippen LogP contribution is 2.27. The van der Waals surface area contributed by atoms with Gasteiger partial charge in [-0.15, -0.1) is 0 Å². The fraction of sp³-hybridized carbons (Fsp3) is 0.0833. The lowest BCUT2D eigenvalue weighted by Crippen LogP contribution is -1.91. The molecule has 3 N–H and O–H groups in total. The number of aromatic nitrogens is 2. The van der Waals surface area contributed by atoms with Gasteiger partial charge in [-0.3, -0.25) is 0 Å². The van der Waals surface area contributed by atoms with Gasteiger partial charge < -0.3 is 10.7 Å². The minimum atomic E-state index is 0.562. The van der Waals surface area contributed by atoms with Gasteiger partial charge in [0.15, 0.2) is 0 Å². The molecule has 0 aliphatic heterocycles. The molecule has 0 saturated carbocycles. The average Bonchev–Trinajstić information content (AvgIpc) is 2.54. The minimum Gasteiger partial charge on any atom is -0.384 e. The molecule has 3 heteroatoms. The van der Waals surface area contributed by atoms with Gasteiger partial charge in [-0.2, -0.15) is 0 Å². The predicted molar refractivity (Wildman–Crippen MR) is 62.7 cm³/mol. The summed E-state index contributed by atoms with van der Waals surface area (Å²) < 4.78 is 0. The largest absolute Gasteiger partial charge is 0.384 e. The van der Waals surface area contributed by atoms with E-state index in [1.54, 1.807) is 0 Å². The van der Waals surface area contributed by atoms with Gasteiger partial charge in [0.1, 0.15) is 5.82 Å². The van der Waals surface area contributed by atoms with Crippen molar-refractivity contribution < 1.29 is 0 Å². The van der Waals surface area contributed by atoms with Crippen LogP contribution in [0, 0.1) is 6.92 Å². The molecule has 3 rings (SSSR count). The van der Waals surface area contributed by atoms with E-state index in [1.807, 2.05) is 25.1 Å². The fourth-order valence-corrected chi connectivity index (χ4v) is 2.09. The molecule has 0 fully saturated rings. The molecule has 3 aromatic rings. The third-order valence-electron chi connectivity index (χ3n) is 2.69. The van der Waals surface area contributed by atoms with Crippen LogP contribution in [0.3, 0.4) is 0 Å². The molecule has 1 aromatic carbocycles. The summed E-state index contributed by atoms with van der Waals surface area (Å²) in [4.78, 5) is 7.62. The quantitative estimate of drug-likeness (QED) is 0.583. The van der Waals surface area contributed by atoms with E-state index in [4.69, 9.17) is 5.73 Å². The number of pyridine rings is 1. The number of rotatable bonds is 0. The lowest BCUT2D eigenvalue weighted by molar-refractivity contribution is 1.25. The first-order valence-corrected chi connectivity index (χ1v) is 4.89. The lowest BCUT2D eigenvalue weighted by atomic mass is 10.1. The summed E-state index contributed by atoms with van der Waals surface area (Å²) in [6.07, 6.45) is 0. The Morgan fingerprint density at radius 1 is 1.20 bits per heavy atom. The number of hydrogen-bond acceptors (Lipinski definition) is 2. The van der Waals surface area contributed by atoms with E-state index in [-0.39, 0.29) is 0 Å². The maximum atomic E-state index is 5.72. The summed E-state index contributed by atoms with van der Waals surface area (Å²) in [6, 6.07) is 10.1. The maximum Gasteiger partial charge on any atom is 0.125 e. The van der Waals surface area contributed by atoms with E-state index in [2.05, 4.69) is 22.1 Å². The number of fused-ring (bicyclic) bond motifs is 3. The predicted octanol–water partition coefficient (Wildman–Crippen LogP) is 2.61. The Bertz CT molecular complexity index is 652. The zero-order valence-corrected chi connectivity index (χ0v) is 8.41. The molecule has 0 amide bonds. The highest BCUT2D eigenvalue weighted by Gasteiger charge is 2.07. The monoisotopic (exact) mass is 198 g/mol. The van der Waals surface area contributed by atoms with E-state index in [0.29, 0.717) is 5.82 Å². The van der Waals surface area contributed by atoms with Crippen molar-refractivity contribution in [2.24, 2.45) is 0 Å². The number of benzene rings is 1. The summed E-state index contributed by atoms with van der Waals surface area (Å²) in [5, 5.41) is 2.37. The summed E-state index contributed by atoms with van der Waals surface area (Å²) in [5.41, 5.74) is 8.87. The normalized spacial score (nSPS) is 11.3. The molecule has 0 spiro atoms. The molecule has 3 nitrogen and oxygen atoms in total. The number of para-hydroxylation sites is 1. The van der Waals surface area contributed by atoms with Crippen molar-refractivity contribution in [3.8, 4) is 0 Å². The highest BCUT2D eigenvalue weighted by atomic mass is 15.1. The molecular formula is C12H11N3. The number of nitrogens with one attached hydrogen (secondary N) is 1. The van der Waals surface area contributed by atoms with E-state index in [9.17, 15) is 0 Å². The highest BCUT2D eigenvalue weighted by molar-refractivity contribution is 6.08. The molecule has 0 radical (unpaired) electrons. The first-order valence-electron chi connectivity index (χ1n) is 4.89. The topological polar surface area (TPSA) is 54.7 Å². The van der Waals surface area contributed by atoms with Gasteiger partial charge in [0, 0.05) is 28.0 Å². The second-order valence-electron chi connectivity index (χ2n) is 3.73. The van der Waals surface area contributed by atoms with E-state index < -0.39 is 0 Å². The van der Waals surface area contributed by atoms with Gasteiger partial charge >= 0.3 is 0 Å². The molecule has 0 atom stereocenters. The van der Waals surface area contributed by atoms with Crippen molar-refractivity contribution in [3.63, 3.8) is 0 Å². The summed E-state index contributed by atoms with van der Waals surface area (Å²) in [7, 11) is 0. The van der Waals surface area contributed by atoms with E-state index in [1.165, 1.54) is 10.8 Å². The lowest BCUT2D eigenvalue weighted by Gasteiger charge is -1.98. The van der Waals surface area contributed by atoms with Gasteiger partial charge in [-0.1, -0.05) is 18.2 Å². The molecule has 15 heavy (non-hydrogen) atoms. The molecule has 0 aliphatic carbocycles. The fourth-order valence-electron chi connectivity index (χ4n) is 2.09. The van der Waals surface area contributed by atoms with Crippen molar-refractivity contribution in [2.45, 2.75) is 6.92 Å². The van der Waals surface area contributed by atoms with E-state index in [0.717, 1.165) is 16.7 Å². The van der Waals surface area contributed by atoms with Crippen LogP contribution in [0.25, 0.3) is 21.8 Å². The van der Waals surface area contributed by atoms with E-state index >= 15 is 0 Å². The maximum absolute atomic E-state index is 5.72. The number of H-pyrrole nitrogens is 1. The Morgan fingerprint density at radius 2 is 2.00 bits per heavy atom. The molecule has 0 aliphatic rings. The number of hydrogen-bond donors (Lipinski definition) is 2. The standard InChI is InChI=1S/C12H11N3/c1-7-12-8-4-2-3-5-9(8)15-10(12)6-11(13)14-7/h2-6,15H,1H3,(H2,13,14)/i11+1. The van der Waals surface area contributed by atoms with Crippen molar-refractivity contribution in [1.29, 1.82) is 0 Å². The molecular weight excluding hydrogens is 187 g/mol. The van der Waals surface area contributed by atoms with Gasteiger partial charge in [-0.25, -0.2) is 4.98 Å². The van der Waals surface area contributed by atoms with Crippen LogP contribution in [0.2, 0.25) is 0 Å². The SMILES string of the molecule is Cc1n[13c](N)cc2[nH]c3ccccc3c12. The van der Waals surface area contributed by atoms with Crippen LogP contribution in [-0.4, -0.2) is 9.97 Å². The van der Waals surface area contributed by atoms with Crippen LogP contribution < -0.4 is 5.73 Å². The number of nitrogen functional groups attached to an aromatic ring is 1. The number of anilines is 1. The average molecular weight is 198 g/mol. The molecule has 0 saturated heterocycles.